The number of H-pyrrole nitrogens is 1. The van der Waals surface area contributed by atoms with Gasteiger partial charge in [-0.15, -0.1) is 0 Å². The van der Waals surface area contributed by atoms with E-state index in [1.165, 1.54) is 10.6 Å². The van der Waals surface area contributed by atoms with Gasteiger partial charge in [0.05, 0.1) is 28.4 Å². The molecule has 1 aliphatic rings. The summed E-state index contributed by atoms with van der Waals surface area (Å²) in [4.78, 5) is 32.2. The summed E-state index contributed by atoms with van der Waals surface area (Å²) >= 11 is 0. The maximum atomic E-state index is 14.4. The minimum absolute atomic E-state index is 0.0612. The quantitative estimate of drug-likeness (QED) is 0.322. The standard InChI is InChI=1S/C17H13F4N3O.C9H10F3N3O/c1-2-4-24-5-3-10-6-13(14(18)7-12(10)16(24)25)15-22-8-11(9-23-15)17(19,20)21;10-9(11,12)7-6(5-13-14-8(7)16)15-3-1-2-4-15/h3,5-9H,2,4H2,1H3;5H,1-4H2,(H,14,16). The number of anilines is 1. The van der Waals surface area contributed by atoms with Gasteiger partial charge in [0.2, 0.25) is 0 Å². The summed E-state index contributed by atoms with van der Waals surface area (Å²) in [6.45, 7) is 3.50. The van der Waals surface area contributed by atoms with Crippen LogP contribution < -0.4 is 16.0 Å². The van der Waals surface area contributed by atoms with Crippen molar-refractivity contribution in [1.29, 1.82) is 0 Å². The third kappa shape index (κ3) is 6.55. The van der Waals surface area contributed by atoms with Crippen molar-refractivity contribution in [3.8, 4) is 11.4 Å². The van der Waals surface area contributed by atoms with Crippen molar-refractivity contribution in [3.63, 3.8) is 0 Å². The molecule has 1 aromatic carbocycles. The van der Waals surface area contributed by atoms with Crippen LogP contribution in [0.25, 0.3) is 22.2 Å². The first-order valence-corrected chi connectivity index (χ1v) is 12.4. The zero-order valence-corrected chi connectivity index (χ0v) is 21.5. The molecule has 1 aliphatic heterocycles. The number of aryl methyl sites for hydroxylation is 1. The number of nitrogens with one attached hydrogen (secondary N) is 1. The number of pyridine rings is 1. The second-order valence-corrected chi connectivity index (χ2v) is 9.18. The van der Waals surface area contributed by atoms with Crippen LogP contribution in [-0.2, 0) is 18.9 Å². The van der Waals surface area contributed by atoms with Crippen LogP contribution in [0.1, 0.15) is 37.3 Å². The lowest BCUT2D eigenvalue weighted by molar-refractivity contribution is -0.139. The largest absolute Gasteiger partial charge is 0.423 e. The zero-order chi connectivity index (χ0) is 29.9. The topological polar surface area (TPSA) is 96.8 Å². The van der Waals surface area contributed by atoms with Crippen molar-refractivity contribution in [3.05, 3.63) is 80.6 Å². The van der Waals surface area contributed by atoms with E-state index in [4.69, 9.17) is 0 Å². The average molecular weight is 584 g/mol. The van der Waals surface area contributed by atoms with Gasteiger partial charge in [-0.2, -0.15) is 31.4 Å². The summed E-state index contributed by atoms with van der Waals surface area (Å²) in [6.07, 6.45) is -2.91. The highest BCUT2D eigenvalue weighted by molar-refractivity contribution is 5.86. The van der Waals surface area contributed by atoms with Crippen molar-refractivity contribution < 1.29 is 30.7 Å². The van der Waals surface area contributed by atoms with Crippen LogP contribution in [0.3, 0.4) is 0 Å². The Labute approximate surface area is 227 Å². The number of hydrogen-bond donors (Lipinski definition) is 1. The molecule has 0 unspecified atom stereocenters. The van der Waals surface area contributed by atoms with Crippen molar-refractivity contribution in [2.24, 2.45) is 0 Å². The SMILES string of the molecule is CCCn1ccc2cc(-c3ncc(C(F)(F)F)cn3)c(F)cc2c1=O.O=c1[nH]ncc(N2CCCC2)c1C(F)(F)F. The zero-order valence-electron chi connectivity index (χ0n) is 21.5. The minimum Gasteiger partial charge on any atom is -0.370 e. The van der Waals surface area contributed by atoms with E-state index in [9.17, 15) is 40.3 Å². The van der Waals surface area contributed by atoms with Crippen LogP contribution in [-0.4, -0.2) is 37.8 Å². The normalized spacial score (nSPS) is 13.8. The third-order valence-electron chi connectivity index (χ3n) is 6.32. The van der Waals surface area contributed by atoms with Crippen molar-refractivity contribution >= 4 is 16.5 Å². The second kappa shape index (κ2) is 11.7. The van der Waals surface area contributed by atoms with Crippen LogP contribution in [0.4, 0.5) is 36.4 Å². The molecule has 5 rings (SSSR count). The third-order valence-corrected chi connectivity index (χ3v) is 6.32. The Morgan fingerprint density at radius 1 is 0.951 bits per heavy atom. The molecule has 218 valence electrons. The van der Waals surface area contributed by atoms with Crippen LogP contribution in [0.2, 0.25) is 0 Å². The number of aromatic amines is 1. The van der Waals surface area contributed by atoms with Crippen LogP contribution >= 0.6 is 0 Å². The van der Waals surface area contributed by atoms with Gasteiger partial charge in [0.1, 0.15) is 11.4 Å². The van der Waals surface area contributed by atoms with E-state index < -0.39 is 34.9 Å². The fourth-order valence-electron chi connectivity index (χ4n) is 4.37. The molecule has 15 heteroatoms. The smallest absolute Gasteiger partial charge is 0.370 e. The first-order valence-electron chi connectivity index (χ1n) is 12.4. The van der Waals surface area contributed by atoms with E-state index in [0.29, 0.717) is 37.4 Å². The fraction of sp³-hybridized carbons (Fsp3) is 0.346. The van der Waals surface area contributed by atoms with E-state index in [1.807, 2.05) is 12.0 Å². The molecule has 0 amide bonds. The summed E-state index contributed by atoms with van der Waals surface area (Å²) in [7, 11) is 0. The molecule has 41 heavy (non-hydrogen) atoms. The van der Waals surface area contributed by atoms with Gasteiger partial charge in [-0.3, -0.25) is 9.59 Å². The molecule has 3 aromatic heterocycles. The molecule has 0 radical (unpaired) electrons. The molecule has 1 fully saturated rings. The van der Waals surface area contributed by atoms with Gasteiger partial charge in [0, 0.05) is 38.2 Å². The van der Waals surface area contributed by atoms with Gasteiger partial charge >= 0.3 is 12.4 Å². The number of hydrogen-bond acceptors (Lipinski definition) is 6. The Morgan fingerprint density at radius 2 is 1.61 bits per heavy atom. The average Bonchev–Trinajstić information content (AvgIpc) is 3.45. The molecule has 8 nitrogen and oxygen atoms in total. The first kappa shape index (κ1) is 29.7. The molecule has 0 aliphatic carbocycles. The summed E-state index contributed by atoms with van der Waals surface area (Å²) in [5.74, 6) is -0.941. The molecule has 4 heterocycles. The summed E-state index contributed by atoms with van der Waals surface area (Å²) in [6, 6.07) is 4.09. The highest BCUT2D eigenvalue weighted by Crippen LogP contribution is 2.34. The number of halogens is 7. The molecule has 0 spiro atoms. The molecule has 0 saturated carbocycles. The molecule has 4 aromatic rings. The van der Waals surface area contributed by atoms with Crippen molar-refractivity contribution in [2.45, 2.75) is 45.1 Å². The van der Waals surface area contributed by atoms with Gasteiger partial charge < -0.3 is 9.47 Å². The highest BCUT2D eigenvalue weighted by atomic mass is 19.4. The Kier molecular flexibility index (Phi) is 8.44. The van der Waals surface area contributed by atoms with Crippen LogP contribution in [0, 0.1) is 5.82 Å². The van der Waals surface area contributed by atoms with E-state index in [2.05, 4.69) is 15.1 Å². The summed E-state index contributed by atoms with van der Waals surface area (Å²) in [5.41, 5.74) is -3.85. The van der Waals surface area contributed by atoms with E-state index in [0.717, 1.165) is 31.5 Å². The predicted octanol–water partition coefficient (Wildman–Crippen LogP) is 5.42. The van der Waals surface area contributed by atoms with E-state index in [-0.39, 0.29) is 28.0 Å². The van der Waals surface area contributed by atoms with E-state index >= 15 is 0 Å². The summed E-state index contributed by atoms with van der Waals surface area (Å²) < 4.78 is 91.6. The number of fused-ring (bicyclic) bond motifs is 1. The maximum absolute atomic E-state index is 14.4. The Morgan fingerprint density at radius 3 is 2.20 bits per heavy atom. The lowest BCUT2D eigenvalue weighted by Crippen LogP contribution is -2.29. The highest BCUT2D eigenvalue weighted by Gasteiger charge is 2.39. The number of nitrogens with zero attached hydrogens (tertiary/aromatic N) is 5. The molecular weight excluding hydrogens is 561 g/mol. The van der Waals surface area contributed by atoms with Gasteiger partial charge in [0.15, 0.2) is 5.82 Å². The van der Waals surface area contributed by atoms with Gasteiger partial charge in [-0.05, 0) is 42.8 Å². The first-order chi connectivity index (χ1) is 19.3. The fourth-order valence-corrected chi connectivity index (χ4v) is 4.37. The Bertz CT molecular complexity index is 1640. The molecule has 1 N–H and O–H groups in total. The van der Waals surface area contributed by atoms with Gasteiger partial charge in [0.25, 0.3) is 11.1 Å². The number of aromatic nitrogens is 5. The maximum Gasteiger partial charge on any atom is 0.423 e. The van der Waals surface area contributed by atoms with E-state index in [1.54, 1.807) is 17.2 Å². The van der Waals surface area contributed by atoms with Crippen LogP contribution in [0.5, 0.6) is 0 Å². The molecule has 1 saturated heterocycles. The van der Waals surface area contributed by atoms with Gasteiger partial charge in [-0.25, -0.2) is 19.5 Å². The Balaban J connectivity index is 0.000000208. The number of alkyl halides is 6. The van der Waals surface area contributed by atoms with Crippen LogP contribution in [0.15, 0.2) is 52.6 Å². The predicted molar refractivity (Wildman–Crippen MR) is 136 cm³/mol. The Hall–Kier alpha value is -4.30. The molecule has 0 bridgehead atoms. The summed E-state index contributed by atoms with van der Waals surface area (Å²) in [5, 5.41) is 5.91. The monoisotopic (exact) mass is 584 g/mol. The van der Waals surface area contributed by atoms with Gasteiger partial charge in [-0.1, -0.05) is 6.92 Å². The number of rotatable bonds is 4. The van der Waals surface area contributed by atoms with Crippen molar-refractivity contribution in [1.82, 2.24) is 24.7 Å². The minimum atomic E-state index is -4.64. The lowest BCUT2D eigenvalue weighted by atomic mass is 10.1. The van der Waals surface area contributed by atoms with Crippen molar-refractivity contribution in [2.75, 3.05) is 18.0 Å². The second-order valence-electron chi connectivity index (χ2n) is 9.18. The lowest BCUT2D eigenvalue weighted by Gasteiger charge is -2.20. The number of benzene rings is 1. The molecule has 0 atom stereocenters. The molecular formula is C26H23F7N6O2.